The molecule has 2 nitrogen and oxygen atoms in total. The fourth-order valence-corrected chi connectivity index (χ4v) is 2.63. The van der Waals surface area contributed by atoms with Crippen molar-refractivity contribution in [3.63, 3.8) is 0 Å². The van der Waals surface area contributed by atoms with Gasteiger partial charge in [-0.3, -0.25) is 4.98 Å². The highest BCUT2D eigenvalue weighted by atomic mass is 127. The van der Waals surface area contributed by atoms with Gasteiger partial charge in [0.25, 0.3) is 0 Å². The predicted octanol–water partition coefficient (Wildman–Crippen LogP) is 2.61. The molecule has 0 atom stereocenters. The Morgan fingerprint density at radius 3 is 3.09 bits per heavy atom. The van der Waals surface area contributed by atoms with E-state index in [1.807, 2.05) is 12.1 Å². The number of fused-ring (bicyclic) bond motifs is 1. The number of aromatic hydroxyl groups is 1. The topological polar surface area (TPSA) is 33.1 Å². The second kappa shape index (κ2) is 2.60. The van der Waals surface area contributed by atoms with Crippen LogP contribution in [0.3, 0.4) is 0 Å². The van der Waals surface area contributed by atoms with E-state index < -0.39 is 0 Å². The average molecular weight is 277 g/mol. The molecule has 0 amide bonds. The summed E-state index contributed by atoms with van der Waals surface area (Å²) in [6.45, 7) is 0. The molecule has 0 aromatic carbocycles. The van der Waals surface area contributed by atoms with E-state index in [1.165, 1.54) is 0 Å². The number of pyridine rings is 1. The first-order valence-corrected chi connectivity index (χ1v) is 4.90. The van der Waals surface area contributed by atoms with Crippen molar-refractivity contribution in [1.82, 2.24) is 4.98 Å². The van der Waals surface area contributed by atoms with Crippen molar-refractivity contribution in [2.45, 2.75) is 0 Å². The van der Waals surface area contributed by atoms with Crippen molar-refractivity contribution < 1.29 is 5.11 Å². The van der Waals surface area contributed by atoms with E-state index in [-0.39, 0.29) is 0 Å². The third kappa shape index (κ3) is 1.10. The van der Waals surface area contributed by atoms with Crippen LogP contribution in [-0.2, 0) is 0 Å². The fraction of sp³-hybridized carbons (Fsp3) is 0. The quantitative estimate of drug-likeness (QED) is 0.751. The number of rotatable bonds is 0. The Morgan fingerprint density at radius 2 is 2.36 bits per heavy atom. The Hall–Kier alpha value is -0.360. The lowest BCUT2D eigenvalue weighted by Gasteiger charge is -1.86. The van der Waals surface area contributed by atoms with Crippen LogP contribution >= 0.6 is 33.9 Å². The van der Waals surface area contributed by atoms with E-state index in [9.17, 15) is 5.11 Å². The molecule has 11 heavy (non-hydrogen) atoms. The Morgan fingerprint density at radius 1 is 1.55 bits per heavy atom. The molecular formula is C7H4INOS. The number of thiophene rings is 1. The van der Waals surface area contributed by atoms with Crippen molar-refractivity contribution in [2.24, 2.45) is 0 Å². The smallest absolute Gasteiger partial charge is 0.166 e. The lowest BCUT2D eigenvalue weighted by molar-refractivity contribution is 0.479. The molecule has 0 saturated heterocycles. The lowest BCUT2D eigenvalue weighted by Crippen LogP contribution is -1.69. The minimum Gasteiger partial charge on any atom is -0.504 e. The maximum atomic E-state index is 9.44. The van der Waals surface area contributed by atoms with Gasteiger partial charge < -0.3 is 5.11 Å². The van der Waals surface area contributed by atoms with Gasteiger partial charge in [0.1, 0.15) is 8.40 Å². The highest BCUT2D eigenvalue weighted by Crippen LogP contribution is 2.35. The Kier molecular flexibility index (Phi) is 1.72. The molecule has 56 valence electrons. The summed E-state index contributed by atoms with van der Waals surface area (Å²) in [7, 11) is 0. The number of hydrogen-bond donors (Lipinski definition) is 1. The van der Waals surface area contributed by atoms with Gasteiger partial charge in [-0.1, -0.05) is 0 Å². The summed E-state index contributed by atoms with van der Waals surface area (Å²) in [6, 6.07) is 3.82. The maximum Gasteiger partial charge on any atom is 0.166 e. The summed E-state index contributed by atoms with van der Waals surface area (Å²) >= 11 is 3.66. The number of nitrogens with zero attached hydrogens (tertiary/aromatic N) is 1. The zero-order valence-electron chi connectivity index (χ0n) is 5.41. The van der Waals surface area contributed by atoms with Crippen molar-refractivity contribution in [3.05, 3.63) is 21.2 Å². The van der Waals surface area contributed by atoms with Crippen LogP contribution < -0.4 is 0 Å². The van der Waals surface area contributed by atoms with Crippen LogP contribution in [0.15, 0.2) is 18.3 Å². The van der Waals surface area contributed by atoms with E-state index in [0.29, 0.717) is 11.3 Å². The van der Waals surface area contributed by atoms with E-state index in [2.05, 4.69) is 27.6 Å². The average Bonchev–Trinajstić information content (AvgIpc) is 2.30. The van der Waals surface area contributed by atoms with E-state index in [4.69, 9.17) is 0 Å². The second-order valence-corrected chi connectivity index (χ2v) is 4.94. The summed E-state index contributed by atoms with van der Waals surface area (Å²) in [5, 5.41) is 9.44. The minimum atomic E-state index is 0.311. The first-order chi connectivity index (χ1) is 5.29. The molecule has 0 radical (unpaired) electrons. The molecule has 0 unspecified atom stereocenters. The van der Waals surface area contributed by atoms with Crippen LogP contribution in [0.4, 0.5) is 0 Å². The van der Waals surface area contributed by atoms with Crippen molar-refractivity contribution >= 4 is 44.1 Å². The molecule has 2 heterocycles. The maximum absolute atomic E-state index is 9.44. The van der Waals surface area contributed by atoms with Gasteiger partial charge >= 0.3 is 0 Å². The Labute approximate surface area is 81.0 Å². The van der Waals surface area contributed by atoms with Gasteiger partial charge in [-0.2, -0.15) is 0 Å². The van der Waals surface area contributed by atoms with Gasteiger partial charge in [0.05, 0.1) is 4.70 Å². The molecule has 0 aliphatic carbocycles. The molecule has 0 bridgehead atoms. The van der Waals surface area contributed by atoms with Gasteiger partial charge in [-0.25, -0.2) is 0 Å². The third-order valence-corrected chi connectivity index (χ3v) is 3.47. The van der Waals surface area contributed by atoms with Gasteiger partial charge in [-0.05, 0) is 34.7 Å². The summed E-state index contributed by atoms with van der Waals surface area (Å²) in [5.41, 5.74) is 0.710. The molecule has 0 aliphatic heterocycles. The fourth-order valence-electron chi connectivity index (χ4n) is 0.889. The first kappa shape index (κ1) is 7.30. The van der Waals surface area contributed by atoms with E-state index in [0.717, 1.165) is 7.58 Å². The van der Waals surface area contributed by atoms with Crippen molar-refractivity contribution in [1.29, 1.82) is 0 Å². The normalized spacial score (nSPS) is 10.6. The summed E-state index contributed by atoms with van der Waals surface area (Å²) in [4.78, 5) is 4.06. The zero-order valence-corrected chi connectivity index (χ0v) is 8.39. The largest absolute Gasteiger partial charge is 0.504 e. The molecule has 2 aromatic rings. The summed E-state index contributed by atoms with van der Waals surface area (Å²) < 4.78 is 1.94. The van der Waals surface area contributed by atoms with Crippen LogP contribution in [0.2, 0.25) is 0 Å². The third-order valence-electron chi connectivity index (χ3n) is 1.38. The van der Waals surface area contributed by atoms with E-state index >= 15 is 0 Å². The summed E-state index contributed by atoms with van der Waals surface area (Å²) in [5.74, 6) is 0.311. The molecule has 4 heteroatoms. The number of hydrogen-bond acceptors (Lipinski definition) is 3. The Balaban J connectivity index is 2.92. The molecule has 0 spiro atoms. The second-order valence-electron chi connectivity index (χ2n) is 2.07. The lowest BCUT2D eigenvalue weighted by atomic mass is 10.4. The molecule has 2 rings (SSSR count). The molecule has 0 aliphatic rings. The van der Waals surface area contributed by atoms with E-state index in [1.54, 1.807) is 17.5 Å². The highest BCUT2D eigenvalue weighted by Gasteiger charge is 2.07. The highest BCUT2D eigenvalue weighted by molar-refractivity contribution is 14.1. The predicted molar refractivity (Wildman–Crippen MR) is 54.0 cm³/mol. The van der Waals surface area contributed by atoms with Crippen molar-refractivity contribution in [2.75, 3.05) is 0 Å². The standard InChI is InChI=1S/C7H4INOS/c8-7-6(10)5-4(11-7)2-1-3-9-5/h1-3,10H. The van der Waals surface area contributed by atoms with Crippen LogP contribution in [-0.4, -0.2) is 10.1 Å². The van der Waals surface area contributed by atoms with Crippen LogP contribution in [0, 0.1) is 2.88 Å². The minimum absolute atomic E-state index is 0.311. The van der Waals surface area contributed by atoms with Gasteiger partial charge in [-0.15, -0.1) is 11.3 Å². The molecule has 0 fully saturated rings. The molecule has 1 N–H and O–H groups in total. The molecule has 2 aromatic heterocycles. The SMILES string of the molecule is Oc1c(I)sc2cccnc12. The van der Waals surface area contributed by atoms with Gasteiger partial charge in [0.2, 0.25) is 0 Å². The van der Waals surface area contributed by atoms with Gasteiger partial charge in [0.15, 0.2) is 5.75 Å². The Bertz CT molecular complexity index is 398. The van der Waals surface area contributed by atoms with Gasteiger partial charge in [0, 0.05) is 6.20 Å². The van der Waals surface area contributed by atoms with Crippen LogP contribution in [0.5, 0.6) is 5.75 Å². The number of halogens is 1. The molecule has 0 saturated carbocycles. The zero-order chi connectivity index (χ0) is 7.84. The molecular weight excluding hydrogens is 273 g/mol. The van der Waals surface area contributed by atoms with Crippen molar-refractivity contribution in [3.8, 4) is 5.75 Å². The van der Waals surface area contributed by atoms with Crippen LogP contribution in [0.1, 0.15) is 0 Å². The number of aromatic nitrogens is 1. The van der Waals surface area contributed by atoms with Crippen LogP contribution in [0.25, 0.3) is 10.2 Å². The monoisotopic (exact) mass is 277 g/mol. The first-order valence-electron chi connectivity index (χ1n) is 3.01. The summed E-state index contributed by atoms with van der Waals surface area (Å²) in [6.07, 6.45) is 1.69.